The van der Waals surface area contributed by atoms with E-state index < -0.39 is 0 Å². The van der Waals surface area contributed by atoms with Crippen LogP contribution in [0.3, 0.4) is 0 Å². The molecule has 0 aliphatic rings. The average Bonchev–Trinajstić information content (AvgIpc) is 2.05. The number of thioether (sulfide) groups is 1. The van der Waals surface area contributed by atoms with Crippen LogP contribution in [0, 0.1) is 0 Å². The molecule has 0 saturated carbocycles. The fraction of sp³-hybridized carbons (Fsp3) is 0.333. The summed E-state index contributed by atoms with van der Waals surface area (Å²) in [4.78, 5) is 1.17. The Morgan fingerprint density at radius 2 is 2.09 bits per heavy atom. The summed E-state index contributed by atoms with van der Waals surface area (Å²) in [6.45, 7) is 9.56. The van der Waals surface area contributed by atoms with Gasteiger partial charge in [0.05, 0.1) is 0 Å². The van der Waals surface area contributed by atoms with E-state index in [1.165, 1.54) is 11.3 Å². The van der Waals surface area contributed by atoms with Gasteiger partial charge in [0, 0.05) is 9.39 Å². The van der Waals surface area contributed by atoms with Crippen LogP contribution in [0.2, 0.25) is 0 Å². The summed E-state index contributed by atoms with van der Waals surface area (Å²) in [5, 5.41) is 0. The molecular formula is C9H13BrS. The molecule has 0 aromatic carbocycles. The first kappa shape index (κ1) is 11.1. The molecule has 2 heteroatoms. The zero-order valence-corrected chi connectivity index (χ0v) is 9.17. The molecule has 0 aliphatic carbocycles. The lowest BCUT2D eigenvalue weighted by atomic mass is 10.5. The fourth-order valence-corrected chi connectivity index (χ4v) is 1.81. The summed E-state index contributed by atoms with van der Waals surface area (Å²) in [6.07, 6.45) is 4.82. The van der Waals surface area contributed by atoms with Gasteiger partial charge in [-0.25, -0.2) is 0 Å². The molecular weight excluding hydrogens is 220 g/mol. The van der Waals surface area contributed by atoms with Crippen molar-refractivity contribution in [2.24, 2.45) is 0 Å². The van der Waals surface area contributed by atoms with E-state index in [1.807, 2.05) is 6.08 Å². The van der Waals surface area contributed by atoms with Gasteiger partial charge in [-0.15, -0.1) is 11.8 Å². The lowest BCUT2D eigenvalue weighted by Crippen LogP contribution is -1.77. The Balaban J connectivity index is 4.14. The topological polar surface area (TPSA) is 0 Å². The van der Waals surface area contributed by atoms with Gasteiger partial charge >= 0.3 is 0 Å². The second-order valence-corrected chi connectivity index (χ2v) is 3.96. The van der Waals surface area contributed by atoms with Crippen LogP contribution in [0.4, 0.5) is 0 Å². The molecule has 0 amide bonds. The SMILES string of the molecule is C=C/C(Br)=C(\C=C)SCCC. The molecule has 0 aliphatic heterocycles. The van der Waals surface area contributed by atoms with Gasteiger partial charge in [0.15, 0.2) is 0 Å². The van der Waals surface area contributed by atoms with Crippen LogP contribution in [0.5, 0.6) is 0 Å². The Morgan fingerprint density at radius 1 is 1.45 bits per heavy atom. The van der Waals surface area contributed by atoms with E-state index in [9.17, 15) is 0 Å². The smallest absolute Gasteiger partial charge is 0.0305 e. The maximum absolute atomic E-state index is 3.73. The summed E-state index contributed by atoms with van der Waals surface area (Å²) in [5.74, 6) is 1.13. The van der Waals surface area contributed by atoms with Crippen LogP contribution in [0.25, 0.3) is 0 Å². The van der Waals surface area contributed by atoms with Crippen molar-refractivity contribution in [3.8, 4) is 0 Å². The molecule has 0 rings (SSSR count). The van der Waals surface area contributed by atoms with Gasteiger partial charge in [-0.05, 0) is 28.1 Å². The van der Waals surface area contributed by atoms with Crippen molar-refractivity contribution >= 4 is 27.7 Å². The monoisotopic (exact) mass is 232 g/mol. The van der Waals surface area contributed by atoms with Crippen molar-refractivity contribution in [1.29, 1.82) is 0 Å². The fourth-order valence-electron chi connectivity index (χ4n) is 0.538. The minimum Gasteiger partial charge on any atom is -0.125 e. The summed E-state index contributed by atoms with van der Waals surface area (Å²) in [7, 11) is 0. The van der Waals surface area contributed by atoms with Crippen molar-refractivity contribution in [2.75, 3.05) is 5.75 Å². The van der Waals surface area contributed by atoms with E-state index in [-0.39, 0.29) is 0 Å². The van der Waals surface area contributed by atoms with Crippen LogP contribution in [0.1, 0.15) is 13.3 Å². The van der Waals surface area contributed by atoms with E-state index >= 15 is 0 Å². The predicted octanol–water partition coefficient (Wildman–Crippen LogP) is 4.11. The Labute approximate surface area is 81.6 Å². The first-order valence-corrected chi connectivity index (χ1v) is 5.31. The molecule has 0 saturated heterocycles. The quantitative estimate of drug-likeness (QED) is 0.644. The molecule has 0 atom stereocenters. The normalized spacial score (nSPS) is 12.2. The average molecular weight is 233 g/mol. The van der Waals surface area contributed by atoms with Gasteiger partial charge in [0.25, 0.3) is 0 Å². The van der Waals surface area contributed by atoms with Gasteiger partial charge in [0.2, 0.25) is 0 Å². The van der Waals surface area contributed by atoms with Gasteiger partial charge in [-0.3, -0.25) is 0 Å². The molecule has 0 unspecified atom stereocenters. The minimum atomic E-state index is 1.03. The Kier molecular flexibility index (Phi) is 6.77. The molecule has 0 radical (unpaired) electrons. The molecule has 0 heterocycles. The summed E-state index contributed by atoms with van der Waals surface area (Å²) < 4.78 is 1.03. The third-order valence-corrected chi connectivity index (χ3v) is 3.39. The summed E-state index contributed by atoms with van der Waals surface area (Å²) in [6, 6.07) is 0. The molecule has 0 aromatic rings. The first-order valence-electron chi connectivity index (χ1n) is 3.53. The van der Waals surface area contributed by atoms with Gasteiger partial charge in [-0.2, -0.15) is 0 Å². The molecule has 0 spiro atoms. The Bertz CT molecular complexity index is 170. The van der Waals surface area contributed by atoms with Gasteiger partial charge in [-0.1, -0.05) is 32.2 Å². The van der Waals surface area contributed by atoms with Crippen molar-refractivity contribution in [3.05, 3.63) is 34.7 Å². The zero-order valence-electron chi connectivity index (χ0n) is 6.77. The highest BCUT2D eigenvalue weighted by Crippen LogP contribution is 2.25. The third-order valence-electron chi connectivity index (χ3n) is 1.06. The van der Waals surface area contributed by atoms with Crippen LogP contribution >= 0.6 is 27.7 Å². The number of rotatable bonds is 5. The molecule has 0 N–H and O–H groups in total. The first-order chi connectivity index (χ1) is 5.26. The molecule has 0 nitrogen and oxygen atoms in total. The highest BCUT2D eigenvalue weighted by Gasteiger charge is 1.95. The Hall–Kier alpha value is 0.0500. The van der Waals surface area contributed by atoms with Gasteiger partial charge < -0.3 is 0 Å². The standard InChI is InChI=1S/C9H13BrS/c1-4-7-11-9(6-3)8(10)5-2/h5-6H,2-4,7H2,1H3/b9-8-. The van der Waals surface area contributed by atoms with E-state index in [4.69, 9.17) is 0 Å². The maximum Gasteiger partial charge on any atom is 0.0305 e. The second kappa shape index (κ2) is 6.74. The van der Waals surface area contributed by atoms with Crippen LogP contribution < -0.4 is 0 Å². The third kappa shape index (κ3) is 4.49. The predicted molar refractivity (Wildman–Crippen MR) is 59.1 cm³/mol. The van der Waals surface area contributed by atoms with E-state index in [1.54, 1.807) is 17.8 Å². The summed E-state index contributed by atoms with van der Waals surface area (Å²) >= 11 is 5.20. The van der Waals surface area contributed by atoms with E-state index in [2.05, 4.69) is 36.0 Å². The van der Waals surface area contributed by atoms with Crippen LogP contribution in [-0.4, -0.2) is 5.75 Å². The lowest BCUT2D eigenvalue weighted by molar-refractivity contribution is 1.11. The molecule has 0 bridgehead atoms. The van der Waals surface area contributed by atoms with Gasteiger partial charge in [0.1, 0.15) is 0 Å². The largest absolute Gasteiger partial charge is 0.125 e. The van der Waals surface area contributed by atoms with E-state index in [0.29, 0.717) is 0 Å². The Morgan fingerprint density at radius 3 is 2.45 bits per heavy atom. The second-order valence-electron chi connectivity index (χ2n) is 1.97. The number of hydrogen-bond donors (Lipinski definition) is 0. The molecule has 0 fully saturated rings. The van der Waals surface area contributed by atoms with E-state index in [0.717, 1.165) is 10.2 Å². The highest BCUT2D eigenvalue weighted by atomic mass is 79.9. The number of hydrogen-bond acceptors (Lipinski definition) is 1. The number of allylic oxidation sites excluding steroid dienone is 3. The van der Waals surface area contributed by atoms with Crippen LogP contribution in [0.15, 0.2) is 34.7 Å². The molecule has 0 aromatic heterocycles. The minimum absolute atomic E-state index is 1.03. The summed E-state index contributed by atoms with van der Waals surface area (Å²) in [5.41, 5.74) is 0. The molecule has 62 valence electrons. The van der Waals surface area contributed by atoms with Crippen molar-refractivity contribution in [2.45, 2.75) is 13.3 Å². The van der Waals surface area contributed by atoms with Crippen LogP contribution in [-0.2, 0) is 0 Å². The molecule has 11 heavy (non-hydrogen) atoms. The lowest BCUT2D eigenvalue weighted by Gasteiger charge is -2.00. The zero-order chi connectivity index (χ0) is 8.69. The van der Waals surface area contributed by atoms with Crippen molar-refractivity contribution < 1.29 is 0 Å². The maximum atomic E-state index is 3.73. The highest BCUT2D eigenvalue weighted by molar-refractivity contribution is 9.12. The number of halogens is 1. The van der Waals surface area contributed by atoms with Crippen molar-refractivity contribution in [1.82, 2.24) is 0 Å². The van der Waals surface area contributed by atoms with Crippen molar-refractivity contribution in [3.63, 3.8) is 0 Å².